The molecule has 0 saturated carbocycles. The highest BCUT2D eigenvalue weighted by Crippen LogP contribution is 2.30. The lowest BCUT2D eigenvalue weighted by atomic mass is 10.2. The highest BCUT2D eigenvalue weighted by molar-refractivity contribution is 7.90. The fourth-order valence-corrected chi connectivity index (χ4v) is 2.70. The summed E-state index contributed by atoms with van der Waals surface area (Å²) in [5.41, 5.74) is 1.67. The molecule has 120 valence electrons. The Bertz CT molecular complexity index is 806. The van der Waals surface area contributed by atoms with E-state index in [0.29, 0.717) is 5.75 Å². The average Bonchev–Trinajstić information content (AvgIpc) is 2.55. The smallest absolute Gasteiger partial charge is 0.332 e. The standard InChI is InChI=1S/C18H18O4S/c1-3-7-16-10-11-17(18(14-16)21-2)22-23(19,20)13-12-15-8-5-4-6-9-15/h3-14H,1-2H3/b7-3+,13-12+. The van der Waals surface area contributed by atoms with Crippen molar-refractivity contribution in [2.75, 3.05) is 7.11 Å². The van der Waals surface area contributed by atoms with Gasteiger partial charge >= 0.3 is 10.1 Å². The number of rotatable bonds is 6. The molecular formula is C18H18O4S. The molecule has 0 amide bonds. The molecule has 5 heteroatoms. The zero-order valence-corrected chi connectivity index (χ0v) is 13.8. The summed E-state index contributed by atoms with van der Waals surface area (Å²) in [6.45, 7) is 1.90. The molecule has 0 spiro atoms. The van der Waals surface area contributed by atoms with Crippen molar-refractivity contribution in [2.45, 2.75) is 6.92 Å². The van der Waals surface area contributed by atoms with Gasteiger partial charge in [-0.05, 0) is 36.3 Å². The lowest BCUT2D eigenvalue weighted by Gasteiger charge is -2.09. The molecule has 0 radical (unpaired) electrons. The van der Waals surface area contributed by atoms with Gasteiger partial charge in [-0.2, -0.15) is 8.42 Å². The van der Waals surface area contributed by atoms with Crippen molar-refractivity contribution in [2.24, 2.45) is 0 Å². The van der Waals surface area contributed by atoms with Crippen LogP contribution in [0.15, 0.2) is 60.0 Å². The predicted octanol–water partition coefficient (Wildman–Crippen LogP) is 4.11. The molecule has 2 aromatic rings. The quantitative estimate of drug-likeness (QED) is 0.748. The summed E-state index contributed by atoms with van der Waals surface area (Å²) in [6.07, 6.45) is 5.25. The molecule has 2 aromatic carbocycles. The van der Waals surface area contributed by atoms with Crippen LogP contribution in [0.5, 0.6) is 11.5 Å². The van der Waals surface area contributed by atoms with Crippen molar-refractivity contribution < 1.29 is 17.3 Å². The third-order valence-corrected chi connectivity index (χ3v) is 3.86. The van der Waals surface area contributed by atoms with E-state index in [1.165, 1.54) is 13.2 Å². The van der Waals surface area contributed by atoms with E-state index >= 15 is 0 Å². The number of methoxy groups -OCH3 is 1. The maximum atomic E-state index is 12.1. The van der Waals surface area contributed by atoms with Crippen molar-refractivity contribution in [3.63, 3.8) is 0 Å². The van der Waals surface area contributed by atoms with Gasteiger partial charge in [-0.1, -0.05) is 48.6 Å². The van der Waals surface area contributed by atoms with Crippen LogP contribution in [0.4, 0.5) is 0 Å². The molecule has 0 bridgehead atoms. The topological polar surface area (TPSA) is 52.6 Å². The fourth-order valence-electron chi connectivity index (χ4n) is 1.93. The van der Waals surface area contributed by atoms with Crippen LogP contribution in [0, 0.1) is 0 Å². The SMILES string of the molecule is C/C=C/c1ccc(OS(=O)(=O)/C=C/c2ccccc2)c(OC)c1. The van der Waals surface area contributed by atoms with Gasteiger partial charge < -0.3 is 8.92 Å². The third-order valence-electron chi connectivity index (χ3n) is 2.98. The zero-order chi connectivity index (χ0) is 16.7. The molecule has 0 N–H and O–H groups in total. The molecular weight excluding hydrogens is 312 g/mol. The fraction of sp³-hybridized carbons (Fsp3) is 0.111. The van der Waals surface area contributed by atoms with Crippen molar-refractivity contribution in [1.29, 1.82) is 0 Å². The second-order valence-corrected chi connectivity index (χ2v) is 6.12. The normalized spacial score (nSPS) is 11.9. The van der Waals surface area contributed by atoms with Gasteiger partial charge in [-0.3, -0.25) is 0 Å². The largest absolute Gasteiger partial charge is 0.493 e. The molecule has 0 fully saturated rings. The molecule has 23 heavy (non-hydrogen) atoms. The van der Waals surface area contributed by atoms with Crippen LogP contribution in [-0.4, -0.2) is 15.5 Å². The maximum absolute atomic E-state index is 12.1. The first-order valence-electron chi connectivity index (χ1n) is 7.02. The molecule has 0 heterocycles. The monoisotopic (exact) mass is 330 g/mol. The first-order chi connectivity index (χ1) is 11.0. The Morgan fingerprint density at radius 3 is 2.30 bits per heavy atom. The lowest BCUT2D eigenvalue weighted by Crippen LogP contribution is -2.06. The summed E-state index contributed by atoms with van der Waals surface area (Å²) >= 11 is 0. The summed E-state index contributed by atoms with van der Waals surface area (Å²) in [4.78, 5) is 0. The van der Waals surface area contributed by atoms with Crippen LogP contribution in [0.3, 0.4) is 0 Å². The van der Waals surface area contributed by atoms with Gasteiger partial charge in [0.05, 0.1) is 12.5 Å². The molecule has 2 rings (SSSR count). The molecule has 0 saturated heterocycles. The van der Waals surface area contributed by atoms with E-state index in [1.807, 2.05) is 37.3 Å². The van der Waals surface area contributed by atoms with E-state index in [2.05, 4.69) is 0 Å². The van der Waals surface area contributed by atoms with E-state index in [1.54, 1.807) is 30.3 Å². The summed E-state index contributed by atoms with van der Waals surface area (Å²) in [6, 6.07) is 14.2. The molecule has 4 nitrogen and oxygen atoms in total. The van der Waals surface area contributed by atoms with E-state index < -0.39 is 10.1 Å². The van der Waals surface area contributed by atoms with Crippen LogP contribution in [0.2, 0.25) is 0 Å². The molecule has 0 atom stereocenters. The van der Waals surface area contributed by atoms with Gasteiger partial charge in [0.2, 0.25) is 0 Å². The Labute approximate surface area is 136 Å². The van der Waals surface area contributed by atoms with Gasteiger partial charge in [-0.25, -0.2) is 0 Å². The minimum absolute atomic E-state index is 0.151. The Kier molecular flexibility index (Phi) is 5.60. The van der Waals surface area contributed by atoms with E-state index in [0.717, 1.165) is 16.5 Å². The number of allylic oxidation sites excluding steroid dienone is 1. The molecule has 0 unspecified atom stereocenters. The number of benzene rings is 2. The van der Waals surface area contributed by atoms with E-state index in [4.69, 9.17) is 8.92 Å². The summed E-state index contributed by atoms with van der Waals surface area (Å²) in [5, 5.41) is 1.03. The zero-order valence-electron chi connectivity index (χ0n) is 13.0. The molecule has 0 aliphatic carbocycles. The Hall–Kier alpha value is -2.53. The molecule has 0 aromatic heterocycles. The highest BCUT2D eigenvalue weighted by atomic mass is 32.2. The van der Waals surface area contributed by atoms with Crippen LogP contribution in [0.25, 0.3) is 12.2 Å². The summed E-state index contributed by atoms with van der Waals surface area (Å²) < 4.78 is 34.5. The van der Waals surface area contributed by atoms with Crippen LogP contribution < -0.4 is 8.92 Å². The summed E-state index contributed by atoms with van der Waals surface area (Å²) in [7, 11) is -2.40. The van der Waals surface area contributed by atoms with E-state index in [-0.39, 0.29) is 5.75 Å². The van der Waals surface area contributed by atoms with Crippen molar-refractivity contribution in [3.8, 4) is 11.5 Å². The minimum atomic E-state index is -3.87. The van der Waals surface area contributed by atoms with Crippen LogP contribution >= 0.6 is 0 Å². The van der Waals surface area contributed by atoms with Gasteiger partial charge in [0.1, 0.15) is 0 Å². The van der Waals surface area contributed by atoms with Crippen molar-refractivity contribution >= 4 is 22.3 Å². The number of hydrogen-bond donors (Lipinski definition) is 0. The second kappa shape index (κ2) is 7.65. The maximum Gasteiger partial charge on any atom is 0.332 e. The van der Waals surface area contributed by atoms with Crippen molar-refractivity contribution in [1.82, 2.24) is 0 Å². The van der Waals surface area contributed by atoms with Crippen LogP contribution in [0.1, 0.15) is 18.1 Å². The minimum Gasteiger partial charge on any atom is -0.493 e. The third kappa shape index (κ3) is 5.00. The first kappa shape index (κ1) is 16.8. The van der Waals surface area contributed by atoms with Gasteiger partial charge in [-0.15, -0.1) is 0 Å². The van der Waals surface area contributed by atoms with Crippen LogP contribution in [-0.2, 0) is 10.1 Å². The van der Waals surface area contributed by atoms with Crippen molar-refractivity contribution in [3.05, 3.63) is 71.1 Å². The Morgan fingerprint density at radius 2 is 1.65 bits per heavy atom. The Balaban J connectivity index is 2.21. The lowest BCUT2D eigenvalue weighted by molar-refractivity contribution is 0.392. The highest BCUT2D eigenvalue weighted by Gasteiger charge is 2.13. The molecule has 0 aliphatic heterocycles. The van der Waals surface area contributed by atoms with Gasteiger partial charge in [0.15, 0.2) is 11.5 Å². The Morgan fingerprint density at radius 1 is 0.913 bits per heavy atom. The first-order valence-corrected chi connectivity index (χ1v) is 8.49. The van der Waals surface area contributed by atoms with E-state index in [9.17, 15) is 8.42 Å². The number of ether oxygens (including phenoxy) is 1. The predicted molar refractivity (Wildman–Crippen MR) is 92.7 cm³/mol. The number of hydrogen-bond acceptors (Lipinski definition) is 4. The van der Waals surface area contributed by atoms with Gasteiger partial charge in [0.25, 0.3) is 0 Å². The second-order valence-electron chi connectivity index (χ2n) is 4.70. The van der Waals surface area contributed by atoms with Gasteiger partial charge in [0, 0.05) is 0 Å². The molecule has 0 aliphatic rings. The average molecular weight is 330 g/mol. The summed E-state index contributed by atoms with van der Waals surface area (Å²) in [5.74, 6) is 0.510.